The summed E-state index contributed by atoms with van der Waals surface area (Å²) in [7, 11) is 1.60. The molecule has 0 aromatic heterocycles. The van der Waals surface area contributed by atoms with E-state index in [9.17, 15) is 9.59 Å². The van der Waals surface area contributed by atoms with Gasteiger partial charge in [0.25, 0.3) is 5.91 Å². The van der Waals surface area contributed by atoms with Crippen molar-refractivity contribution in [1.82, 2.24) is 15.5 Å². The third kappa shape index (κ3) is 5.54. The monoisotopic (exact) mass is 377 g/mol. The van der Waals surface area contributed by atoms with Crippen LogP contribution >= 0.6 is 0 Å². The number of fused-ring (bicyclic) bond motifs is 1. The molecule has 0 bridgehead atoms. The van der Waals surface area contributed by atoms with Crippen LogP contribution in [0.15, 0.2) is 54.6 Å². The van der Waals surface area contributed by atoms with E-state index in [1.807, 2.05) is 12.1 Å². The van der Waals surface area contributed by atoms with Crippen LogP contribution in [0.25, 0.3) is 6.08 Å². The zero-order chi connectivity index (χ0) is 19.8. The molecule has 2 N–H and O–H groups in total. The normalized spacial score (nSPS) is 13.9. The first-order chi connectivity index (χ1) is 13.7. The van der Waals surface area contributed by atoms with Crippen LogP contribution in [0.4, 0.5) is 0 Å². The number of carbonyl (C=O) groups is 2. The molecule has 0 spiro atoms. The van der Waals surface area contributed by atoms with E-state index in [2.05, 4.69) is 39.8 Å². The maximum atomic E-state index is 12.0. The van der Waals surface area contributed by atoms with E-state index >= 15 is 0 Å². The average Bonchev–Trinajstić information content (AvgIpc) is 2.75. The van der Waals surface area contributed by atoms with Gasteiger partial charge in [-0.05, 0) is 47.7 Å². The van der Waals surface area contributed by atoms with Gasteiger partial charge in [0.2, 0.25) is 5.91 Å². The molecule has 0 saturated heterocycles. The predicted molar refractivity (Wildman–Crippen MR) is 112 cm³/mol. The minimum atomic E-state index is -0.120. The van der Waals surface area contributed by atoms with Crippen LogP contribution in [-0.4, -0.2) is 43.4 Å². The summed E-state index contributed by atoms with van der Waals surface area (Å²) < 4.78 is 0. The van der Waals surface area contributed by atoms with Crippen LogP contribution in [0.5, 0.6) is 0 Å². The Balaban J connectivity index is 1.37. The van der Waals surface area contributed by atoms with Crippen LogP contribution in [0, 0.1) is 0 Å². The van der Waals surface area contributed by atoms with Crippen molar-refractivity contribution < 1.29 is 9.59 Å². The summed E-state index contributed by atoms with van der Waals surface area (Å²) in [5, 5.41) is 5.52. The highest BCUT2D eigenvalue weighted by atomic mass is 16.2. The van der Waals surface area contributed by atoms with Crippen molar-refractivity contribution in [3.63, 3.8) is 0 Å². The molecule has 0 radical (unpaired) electrons. The summed E-state index contributed by atoms with van der Waals surface area (Å²) in [6.45, 7) is 3.73. The van der Waals surface area contributed by atoms with Crippen molar-refractivity contribution >= 4 is 17.9 Å². The second-order valence-corrected chi connectivity index (χ2v) is 6.97. The van der Waals surface area contributed by atoms with Gasteiger partial charge >= 0.3 is 0 Å². The third-order valence-corrected chi connectivity index (χ3v) is 4.99. The molecule has 5 nitrogen and oxygen atoms in total. The molecular weight excluding hydrogens is 350 g/mol. The van der Waals surface area contributed by atoms with Crippen molar-refractivity contribution in [2.24, 2.45) is 0 Å². The zero-order valence-corrected chi connectivity index (χ0v) is 16.3. The van der Waals surface area contributed by atoms with E-state index in [0.29, 0.717) is 12.1 Å². The lowest BCUT2D eigenvalue weighted by Gasteiger charge is -2.28. The summed E-state index contributed by atoms with van der Waals surface area (Å²) in [6, 6.07) is 15.8. The van der Waals surface area contributed by atoms with Crippen LogP contribution < -0.4 is 10.6 Å². The predicted octanol–water partition coefficient (Wildman–Crippen LogP) is 2.62. The molecule has 2 aromatic rings. The molecule has 146 valence electrons. The third-order valence-electron chi connectivity index (χ3n) is 4.99. The first-order valence-corrected chi connectivity index (χ1v) is 9.73. The maximum Gasteiger partial charge on any atom is 0.251 e. The number of amides is 2. The first-order valence-electron chi connectivity index (χ1n) is 9.73. The summed E-state index contributed by atoms with van der Waals surface area (Å²) in [5.41, 5.74) is 4.36. The first kappa shape index (κ1) is 19.8. The SMILES string of the molecule is CNC(=O)c1ccc(C=CC(=O)NCCCN2CCc3ccccc3C2)cc1. The molecule has 0 fully saturated rings. The van der Waals surface area contributed by atoms with Crippen LogP contribution in [0.2, 0.25) is 0 Å². The van der Waals surface area contributed by atoms with Gasteiger partial charge in [-0.15, -0.1) is 0 Å². The fraction of sp³-hybridized carbons (Fsp3) is 0.304. The van der Waals surface area contributed by atoms with Gasteiger partial charge in [-0.3, -0.25) is 14.5 Å². The Kier molecular flexibility index (Phi) is 6.98. The summed E-state index contributed by atoms with van der Waals surface area (Å²) in [6.07, 6.45) is 5.32. The van der Waals surface area contributed by atoms with Gasteiger partial charge < -0.3 is 10.6 Å². The molecule has 0 unspecified atom stereocenters. The summed E-state index contributed by atoms with van der Waals surface area (Å²) >= 11 is 0. The van der Waals surface area contributed by atoms with Crippen LogP contribution in [0.1, 0.15) is 33.5 Å². The van der Waals surface area contributed by atoms with Crippen molar-refractivity contribution in [3.05, 3.63) is 76.9 Å². The van der Waals surface area contributed by atoms with Crippen molar-refractivity contribution in [2.75, 3.05) is 26.7 Å². The quantitative estimate of drug-likeness (QED) is 0.576. The second-order valence-electron chi connectivity index (χ2n) is 6.97. The highest BCUT2D eigenvalue weighted by molar-refractivity contribution is 5.94. The molecule has 1 aliphatic rings. The van der Waals surface area contributed by atoms with E-state index in [0.717, 1.165) is 38.0 Å². The number of carbonyl (C=O) groups excluding carboxylic acids is 2. The van der Waals surface area contributed by atoms with Gasteiger partial charge in [0.05, 0.1) is 0 Å². The standard InChI is InChI=1S/C23H27N3O2/c1-24-23(28)20-10-7-18(8-11-20)9-12-22(27)25-14-4-15-26-16-13-19-5-2-3-6-21(19)17-26/h2-3,5-12H,4,13-17H2,1H3,(H,24,28)(H,25,27). The van der Waals surface area contributed by atoms with E-state index in [1.54, 1.807) is 25.3 Å². The van der Waals surface area contributed by atoms with Gasteiger partial charge in [0.1, 0.15) is 0 Å². The van der Waals surface area contributed by atoms with E-state index < -0.39 is 0 Å². The molecule has 0 saturated carbocycles. The lowest BCUT2D eigenvalue weighted by atomic mass is 10.00. The van der Waals surface area contributed by atoms with E-state index in [1.165, 1.54) is 17.2 Å². The average molecular weight is 377 g/mol. The Bertz CT molecular complexity index is 843. The van der Waals surface area contributed by atoms with Crippen molar-refractivity contribution in [1.29, 1.82) is 0 Å². The van der Waals surface area contributed by atoms with Crippen LogP contribution in [-0.2, 0) is 17.8 Å². The molecular formula is C23H27N3O2. The molecule has 0 atom stereocenters. The van der Waals surface area contributed by atoms with Crippen molar-refractivity contribution in [2.45, 2.75) is 19.4 Å². The van der Waals surface area contributed by atoms with E-state index in [4.69, 9.17) is 0 Å². The Morgan fingerprint density at radius 1 is 1.07 bits per heavy atom. The minimum absolute atomic E-state index is 0.0978. The lowest BCUT2D eigenvalue weighted by Crippen LogP contribution is -2.33. The highest BCUT2D eigenvalue weighted by Crippen LogP contribution is 2.18. The zero-order valence-electron chi connectivity index (χ0n) is 16.3. The number of hydrogen-bond donors (Lipinski definition) is 2. The number of benzene rings is 2. The molecule has 2 aromatic carbocycles. The Morgan fingerprint density at radius 3 is 2.57 bits per heavy atom. The Hall–Kier alpha value is -2.92. The van der Waals surface area contributed by atoms with Gasteiger partial charge in [-0.1, -0.05) is 36.4 Å². The summed E-state index contributed by atoms with van der Waals surface area (Å²) in [5.74, 6) is -0.218. The van der Waals surface area contributed by atoms with Gasteiger partial charge in [-0.25, -0.2) is 0 Å². The number of rotatable bonds is 7. The number of nitrogens with zero attached hydrogens (tertiary/aromatic N) is 1. The maximum absolute atomic E-state index is 12.0. The summed E-state index contributed by atoms with van der Waals surface area (Å²) in [4.78, 5) is 25.9. The molecule has 28 heavy (non-hydrogen) atoms. The lowest BCUT2D eigenvalue weighted by molar-refractivity contribution is -0.116. The second kappa shape index (κ2) is 9.85. The van der Waals surface area contributed by atoms with Crippen LogP contribution in [0.3, 0.4) is 0 Å². The van der Waals surface area contributed by atoms with Gasteiger partial charge in [0, 0.05) is 44.9 Å². The molecule has 0 aliphatic carbocycles. The highest BCUT2D eigenvalue weighted by Gasteiger charge is 2.14. The van der Waals surface area contributed by atoms with Crippen molar-refractivity contribution in [3.8, 4) is 0 Å². The number of nitrogens with one attached hydrogen (secondary N) is 2. The smallest absolute Gasteiger partial charge is 0.251 e. The molecule has 2 amide bonds. The number of hydrogen-bond acceptors (Lipinski definition) is 3. The largest absolute Gasteiger partial charge is 0.355 e. The molecule has 1 aliphatic heterocycles. The van der Waals surface area contributed by atoms with E-state index in [-0.39, 0.29) is 11.8 Å². The fourth-order valence-electron chi connectivity index (χ4n) is 3.38. The Labute approximate surface area is 166 Å². The Morgan fingerprint density at radius 2 is 1.82 bits per heavy atom. The fourth-order valence-corrected chi connectivity index (χ4v) is 3.38. The minimum Gasteiger partial charge on any atom is -0.355 e. The van der Waals surface area contributed by atoms with Gasteiger partial charge in [0.15, 0.2) is 0 Å². The van der Waals surface area contributed by atoms with Gasteiger partial charge in [-0.2, -0.15) is 0 Å². The molecule has 5 heteroatoms. The molecule has 3 rings (SSSR count). The molecule has 1 heterocycles. The topological polar surface area (TPSA) is 61.4 Å².